The SMILES string of the molecule is CO[Si](CCC[N+](=[N-])OC(=O)COC(C)=O)(OC)OC. The molecule has 0 heterocycles. The molecule has 0 aromatic rings. The Bertz CT molecular complexity index is 338. The van der Waals surface area contributed by atoms with E-state index in [1.807, 2.05) is 0 Å². The van der Waals surface area contributed by atoms with Crippen molar-refractivity contribution in [2.75, 3.05) is 34.5 Å². The van der Waals surface area contributed by atoms with E-state index < -0.39 is 27.3 Å². The van der Waals surface area contributed by atoms with Crippen molar-refractivity contribution in [3.63, 3.8) is 0 Å². The van der Waals surface area contributed by atoms with Crippen LogP contribution < -0.4 is 0 Å². The molecule has 0 saturated carbocycles. The Morgan fingerprint density at radius 3 is 2.15 bits per heavy atom. The van der Waals surface area contributed by atoms with Crippen LogP contribution in [0.15, 0.2) is 0 Å². The van der Waals surface area contributed by atoms with Gasteiger partial charge >= 0.3 is 20.7 Å². The van der Waals surface area contributed by atoms with Gasteiger partial charge in [-0.15, -0.1) is 0 Å². The molecule has 9 nitrogen and oxygen atoms in total. The predicted octanol–water partition coefficient (Wildman–Crippen LogP) is 0.310. The van der Waals surface area contributed by atoms with E-state index >= 15 is 0 Å². The minimum Gasteiger partial charge on any atom is -0.454 e. The lowest BCUT2D eigenvalue weighted by Crippen LogP contribution is -2.43. The summed E-state index contributed by atoms with van der Waals surface area (Å²) in [5, 5.41) is 0. The molecule has 0 saturated heterocycles. The molecular weight excluding hydrogens is 288 g/mol. The molecule has 0 radical (unpaired) electrons. The first-order valence-corrected chi connectivity index (χ1v) is 7.78. The Morgan fingerprint density at radius 1 is 1.15 bits per heavy atom. The zero-order valence-corrected chi connectivity index (χ0v) is 13.1. The van der Waals surface area contributed by atoms with Crippen LogP contribution in [0.25, 0.3) is 5.53 Å². The fraction of sp³-hybridized carbons (Fsp3) is 0.800. The summed E-state index contributed by atoms with van der Waals surface area (Å²) >= 11 is 0. The summed E-state index contributed by atoms with van der Waals surface area (Å²) in [6, 6.07) is 0.440. The highest BCUT2D eigenvalue weighted by Gasteiger charge is 2.37. The second-order valence-electron chi connectivity index (χ2n) is 3.72. The van der Waals surface area contributed by atoms with E-state index in [0.717, 1.165) is 6.92 Å². The van der Waals surface area contributed by atoms with Gasteiger partial charge in [-0.3, -0.25) is 4.79 Å². The van der Waals surface area contributed by atoms with Crippen LogP contribution in [-0.2, 0) is 32.4 Å². The second-order valence-corrected chi connectivity index (χ2v) is 6.81. The van der Waals surface area contributed by atoms with Crippen LogP contribution in [0, 0.1) is 0 Å². The van der Waals surface area contributed by atoms with Gasteiger partial charge in [-0.2, -0.15) is 0 Å². The Hall–Kier alpha value is -1.36. The molecule has 20 heavy (non-hydrogen) atoms. The standard InChI is InChI=1S/C10H20N2O7Si/c1-9(13)18-8-10(14)19-12(11)6-5-7-20(15-2,16-3)17-4/h5-8H2,1-4H3. The van der Waals surface area contributed by atoms with Crippen LogP contribution in [-0.4, -0.2) is 60.1 Å². The van der Waals surface area contributed by atoms with Crippen molar-refractivity contribution in [3.8, 4) is 0 Å². The van der Waals surface area contributed by atoms with E-state index in [0.29, 0.717) is 17.3 Å². The van der Waals surface area contributed by atoms with Crippen LogP contribution >= 0.6 is 0 Å². The smallest absolute Gasteiger partial charge is 0.454 e. The molecule has 0 N–H and O–H groups in total. The minimum atomic E-state index is -2.70. The lowest BCUT2D eigenvalue weighted by molar-refractivity contribution is -0.777. The van der Waals surface area contributed by atoms with Crippen LogP contribution in [0.2, 0.25) is 6.04 Å². The van der Waals surface area contributed by atoms with Crippen molar-refractivity contribution in [3.05, 3.63) is 5.53 Å². The fourth-order valence-corrected chi connectivity index (χ4v) is 3.04. The van der Waals surface area contributed by atoms with Gasteiger partial charge in [0.2, 0.25) is 0 Å². The lowest BCUT2D eigenvalue weighted by atomic mass is 10.5. The summed E-state index contributed by atoms with van der Waals surface area (Å²) in [6.45, 7) is 0.643. The first-order valence-electron chi connectivity index (χ1n) is 5.85. The first kappa shape index (κ1) is 18.6. The molecule has 0 rings (SSSR count). The van der Waals surface area contributed by atoms with Crippen LogP contribution in [0.4, 0.5) is 0 Å². The number of carbonyl (C=O) groups excluding carboxylic acids is 2. The Labute approximate surface area is 118 Å². The topological polar surface area (TPSA) is 106 Å². The molecule has 0 aliphatic rings. The van der Waals surface area contributed by atoms with Gasteiger partial charge in [0, 0.05) is 40.7 Å². The normalized spacial score (nSPS) is 11.0. The summed E-state index contributed by atoms with van der Waals surface area (Å²) in [7, 11) is 1.74. The molecule has 10 heteroatoms. The number of hydroxylamine groups is 1. The average molecular weight is 308 g/mol. The van der Waals surface area contributed by atoms with Crippen LogP contribution in [0.5, 0.6) is 0 Å². The molecule has 0 atom stereocenters. The number of carbonyl (C=O) groups is 2. The van der Waals surface area contributed by atoms with Gasteiger partial charge in [0.05, 0.1) is 0 Å². The van der Waals surface area contributed by atoms with Crippen molar-refractivity contribution in [1.29, 1.82) is 0 Å². The van der Waals surface area contributed by atoms with E-state index in [9.17, 15) is 15.1 Å². The van der Waals surface area contributed by atoms with E-state index in [1.54, 1.807) is 0 Å². The highest BCUT2D eigenvalue weighted by atomic mass is 28.4. The van der Waals surface area contributed by atoms with E-state index in [1.165, 1.54) is 21.3 Å². The van der Waals surface area contributed by atoms with Gasteiger partial charge in [0.1, 0.15) is 0 Å². The molecule has 0 unspecified atom stereocenters. The number of hydrogen-bond donors (Lipinski definition) is 0. The highest BCUT2D eigenvalue weighted by Crippen LogP contribution is 2.14. The van der Waals surface area contributed by atoms with Gasteiger partial charge in [-0.05, 0) is 0 Å². The van der Waals surface area contributed by atoms with Gasteiger partial charge < -0.3 is 23.5 Å². The molecule has 0 bridgehead atoms. The molecule has 116 valence electrons. The summed E-state index contributed by atoms with van der Waals surface area (Å²) in [5.41, 5.74) is 9.34. The molecule has 0 aromatic heterocycles. The van der Waals surface area contributed by atoms with Crippen molar-refractivity contribution >= 4 is 20.7 Å². The average Bonchev–Trinajstić information content (AvgIpc) is 2.42. The number of ether oxygens (including phenoxy) is 1. The highest BCUT2D eigenvalue weighted by molar-refractivity contribution is 6.60. The van der Waals surface area contributed by atoms with Crippen molar-refractivity contribution < 1.29 is 37.3 Å². The van der Waals surface area contributed by atoms with Crippen molar-refractivity contribution in [2.45, 2.75) is 19.4 Å². The third-order valence-electron chi connectivity index (χ3n) is 2.37. The summed E-state index contributed by atoms with van der Waals surface area (Å²) in [4.78, 5) is 26.4. The van der Waals surface area contributed by atoms with E-state index in [4.69, 9.17) is 13.3 Å². The molecule has 0 aliphatic heterocycles. The maximum atomic E-state index is 11.1. The minimum absolute atomic E-state index is 0.0383. The number of nitrogens with zero attached hydrogens (tertiary/aromatic N) is 2. The molecule has 0 aromatic carbocycles. The third kappa shape index (κ3) is 7.28. The largest absolute Gasteiger partial charge is 0.500 e. The van der Waals surface area contributed by atoms with Gasteiger partial charge in [-0.1, -0.05) is 4.86 Å². The van der Waals surface area contributed by atoms with Crippen molar-refractivity contribution in [1.82, 2.24) is 0 Å². The molecular formula is C10H20N2O7Si. The summed E-state index contributed by atoms with van der Waals surface area (Å²) in [5.74, 6) is -1.49. The Morgan fingerprint density at radius 2 is 1.70 bits per heavy atom. The van der Waals surface area contributed by atoms with Gasteiger partial charge in [0.15, 0.2) is 13.2 Å². The van der Waals surface area contributed by atoms with E-state index in [-0.39, 0.29) is 6.54 Å². The third-order valence-corrected chi connectivity index (χ3v) is 5.20. The fourth-order valence-electron chi connectivity index (χ4n) is 1.34. The summed E-state index contributed by atoms with van der Waals surface area (Å²) in [6.07, 6.45) is 0.416. The van der Waals surface area contributed by atoms with Crippen LogP contribution in [0.3, 0.4) is 0 Å². The number of esters is 1. The monoisotopic (exact) mass is 308 g/mol. The van der Waals surface area contributed by atoms with Crippen LogP contribution in [0.1, 0.15) is 13.3 Å². The first-order chi connectivity index (χ1) is 9.39. The Balaban J connectivity index is 3.99. The predicted molar refractivity (Wildman–Crippen MR) is 67.4 cm³/mol. The van der Waals surface area contributed by atoms with Gasteiger partial charge in [-0.25, -0.2) is 9.63 Å². The maximum absolute atomic E-state index is 11.1. The quantitative estimate of drug-likeness (QED) is 0.188. The van der Waals surface area contributed by atoms with Gasteiger partial charge in [0.25, 0.3) is 0 Å². The van der Waals surface area contributed by atoms with E-state index in [2.05, 4.69) is 9.57 Å². The molecule has 0 spiro atoms. The summed E-state index contributed by atoms with van der Waals surface area (Å²) < 4.78 is 20.0. The van der Waals surface area contributed by atoms with Crippen molar-refractivity contribution in [2.24, 2.45) is 0 Å². The Kier molecular flexibility index (Phi) is 8.88. The number of rotatable bonds is 10. The lowest BCUT2D eigenvalue weighted by Gasteiger charge is -2.23. The molecule has 0 amide bonds. The second kappa shape index (κ2) is 9.53. The maximum Gasteiger partial charge on any atom is 0.500 e. The molecule has 0 aliphatic carbocycles. The zero-order chi connectivity index (χ0) is 15.6. The number of hydrogen-bond acceptors (Lipinski definition) is 7. The molecule has 0 fully saturated rings. The zero-order valence-electron chi connectivity index (χ0n) is 12.1.